The summed E-state index contributed by atoms with van der Waals surface area (Å²) in [4.78, 5) is 3.96. The van der Waals surface area contributed by atoms with Gasteiger partial charge in [0.05, 0.1) is 12.2 Å². The molecule has 0 saturated heterocycles. The van der Waals surface area contributed by atoms with Gasteiger partial charge in [0.1, 0.15) is 5.75 Å². The Morgan fingerprint density at radius 2 is 1.82 bits per heavy atom. The first-order chi connectivity index (χ1) is 12.6. The number of guanidine groups is 1. The van der Waals surface area contributed by atoms with Crippen LogP contribution in [-0.4, -0.2) is 18.9 Å². The van der Waals surface area contributed by atoms with Crippen LogP contribution in [0.4, 0.5) is 27.6 Å². The zero-order valence-electron chi connectivity index (χ0n) is 14.5. The molecule has 0 saturated carbocycles. The maximum absolute atomic E-state index is 12.5. The molecule has 0 spiro atoms. The number of benzene rings is 2. The highest BCUT2D eigenvalue weighted by Crippen LogP contribution is 2.30. The number of aliphatic imine (C=N–C) groups is 1. The van der Waals surface area contributed by atoms with Crippen molar-refractivity contribution in [1.82, 2.24) is 0 Å². The monoisotopic (exact) mass is 517 g/mol. The lowest BCUT2D eigenvalue weighted by atomic mass is 10.1. The Morgan fingerprint density at radius 3 is 2.46 bits per heavy atom. The summed E-state index contributed by atoms with van der Waals surface area (Å²) in [6, 6.07) is 9.84. The van der Waals surface area contributed by atoms with Crippen LogP contribution < -0.4 is 20.5 Å². The fourth-order valence-electron chi connectivity index (χ4n) is 2.17. The lowest BCUT2D eigenvalue weighted by Crippen LogP contribution is -2.24. The van der Waals surface area contributed by atoms with Crippen LogP contribution in [-0.2, 0) is 6.54 Å². The molecule has 0 fully saturated rings. The number of halogens is 6. The van der Waals surface area contributed by atoms with Crippen LogP contribution >= 0.6 is 24.0 Å². The van der Waals surface area contributed by atoms with E-state index in [1.807, 2.05) is 0 Å². The Morgan fingerprint density at radius 1 is 1.14 bits per heavy atom. The van der Waals surface area contributed by atoms with Gasteiger partial charge in [-0.05, 0) is 25.1 Å². The van der Waals surface area contributed by atoms with Crippen molar-refractivity contribution in [2.45, 2.75) is 26.4 Å². The molecule has 11 heteroatoms. The topological polar surface area (TPSA) is 68.9 Å². The molecule has 3 N–H and O–H groups in total. The van der Waals surface area contributed by atoms with Gasteiger partial charge in [0.25, 0.3) is 0 Å². The van der Waals surface area contributed by atoms with Gasteiger partial charge >= 0.3 is 13.0 Å². The number of nitrogens with two attached hydrogens (primary N) is 1. The minimum Gasteiger partial charge on any atom is -0.434 e. The molecule has 0 aliphatic rings. The van der Waals surface area contributed by atoms with E-state index in [4.69, 9.17) is 5.73 Å². The lowest BCUT2D eigenvalue weighted by molar-refractivity contribution is -0.274. The van der Waals surface area contributed by atoms with E-state index >= 15 is 0 Å². The minimum absolute atomic E-state index is 0. The van der Waals surface area contributed by atoms with Crippen LogP contribution in [0.5, 0.6) is 11.5 Å². The summed E-state index contributed by atoms with van der Waals surface area (Å²) in [6.07, 6.45) is -4.87. The average molecular weight is 517 g/mol. The number of nitrogens with one attached hydrogen (secondary N) is 1. The third-order valence-corrected chi connectivity index (χ3v) is 3.23. The predicted octanol–water partition coefficient (Wildman–Crippen LogP) is 5.04. The van der Waals surface area contributed by atoms with Crippen LogP contribution in [0.25, 0.3) is 0 Å². The third kappa shape index (κ3) is 7.74. The summed E-state index contributed by atoms with van der Waals surface area (Å²) in [7, 11) is 0. The molecule has 0 aliphatic heterocycles. The van der Waals surface area contributed by atoms with Gasteiger partial charge in [0, 0.05) is 5.56 Å². The predicted molar refractivity (Wildman–Crippen MR) is 105 cm³/mol. The number of hydrogen-bond acceptors (Lipinski definition) is 3. The van der Waals surface area contributed by atoms with Gasteiger partial charge in [0.15, 0.2) is 11.7 Å². The molecule has 5 nitrogen and oxygen atoms in total. The molecule has 0 unspecified atom stereocenters. The number of nitrogens with zero attached hydrogens (tertiary/aromatic N) is 1. The number of para-hydroxylation sites is 2. The molecular formula is C17H17F5IN3O2. The van der Waals surface area contributed by atoms with Gasteiger partial charge in [-0.1, -0.05) is 29.8 Å². The SMILES string of the molecule is Cc1ccc(OC(F)F)c(CN=C(N)Nc2ccccc2OC(F)(F)F)c1.I. The smallest absolute Gasteiger partial charge is 0.434 e. The van der Waals surface area contributed by atoms with E-state index in [1.54, 1.807) is 19.1 Å². The summed E-state index contributed by atoms with van der Waals surface area (Å²) in [5.74, 6) is -0.772. The standard InChI is InChI=1S/C17H16F5N3O2.HI/c1-10-6-7-13(26-15(18)19)11(8-10)9-24-16(23)25-12-4-2-3-5-14(12)27-17(20,21)22;/h2-8,15H,9H2,1H3,(H3,23,24,25);1H. The molecule has 154 valence electrons. The van der Waals surface area contributed by atoms with Crippen molar-refractivity contribution in [3.63, 3.8) is 0 Å². The normalized spacial score (nSPS) is 11.8. The van der Waals surface area contributed by atoms with Gasteiger partial charge in [-0.3, -0.25) is 0 Å². The van der Waals surface area contributed by atoms with Crippen molar-refractivity contribution in [2.24, 2.45) is 10.7 Å². The van der Waals surface area contributed by atoms with Crippen LogP contribution in [0.15, 0.2) is 47.5 Å². The summed E-state index contributed by atoms with van der Waals surface area (Å²) in [6.45, 7) is -1.37. The quantitative estimate of drug-likeness (QED) is 0.244. The average Bonchev–Trinajstić information content (AvgIpc) is 2.55. The first-order valence-electron chi connectivity index (χ1n) is 7.60. The van der Waals surface area contributed by atoms with E-state index in [0.29, 0.717) is 5.56 Å². The van der Waals surface area contributed by atoms with Crippen molar-refractivity contribution in [2.75, 3.05) is 5.32 Å². The second kappa shape index (κ2) is 10.3. The van der Waals surface area contributed by atoms with Crippen molar-refractivity contribution in [1.29, 1.82) is 0 Å². The Balaban J connectivity index is 0.00000392. The molecule has 2 rings (SSSR count). The first-order valence-corrected chi connectivity index (χ1v) is 7.60. The zero-order chi connectivity index (χ0) is 20.0. The van der Waals surface area contributed by atoms with Gasteiger partial charge in [0.2, 0.25) is 0 Å². The molecule has 2 aromatic carbocycles. The first kappa shape index (κ1) is 23.7. The van der Waals surface area contributed by atoms with Crippen molar-refractivity contribution < 1.29 is 31.4 Å². The molecule has 0 aromatic heterocycles. The third-order valence-electron chi connectivity index (χ3n) is 3.23. The number of rotatable bonds is 6. The Bertz CT molecular complexity index is 816. The highest BCUT2D eigenvalue weighted by atomic mass is 127. The van der Waals surface area contributed by atoms with Crippen molar-refractivity contribution in [3.8, 4) is 11.5 Å². The van der Waals surface area contributed by atoms with Gasteiger partial charge in [-0.25, -0.2) is 4.99 Å². The van der Waals surface area contributed by atoms with E-state index in [1.165, 1.54) is 24.3 Å². The maximum Gasteiger partial charge on any atom is 0.573 e. The van der Waals surface area contributed by atoms with Crippen LogP contribution in [0.3, 0.4) is 0 Å². The van der Waals surface area contributed by atoms with Crippen molar-refractivity contribution >= 4 is 35.6 Å². The summed E-state index contributed by atoms with van der Waals surface area (Å²) in [5.41, 5.74) is 6.77. The Labute approximate surface area is 174 Å². The summed E-state index contributed by atoms with van der Waals surface area (Å²) in [5, 5.41) is 2.49. The summed E-state index contributed by atoms with van der Waals surface area (Å²) < 4.78 is 70.5. The lowest BCUT2D eigenvalue weighted by Gasteiger charge is -2.14. The van der Waals surface area contributed by atoms with E-state index in [9.17, 15) is 22.0 Å². The fraction of sp³-hybridized carbons (Fsp3) is 0.235. The second-order valence-electron chi connectivity index (χ2n) is 5.36. The second-order valence-corrected chi connectivity index (χ2v) is 5.36. The van der Waals surface area contributed by atoms with E-state index in [0.717, 1.165) is 11.6 Å². The molecule has 0 heterocycles. The highest BCUT2D eigenvalue weighted by Gasteiger charge is 2.32. The molecule has 2 aromatic rings. The fourth-order valence-corrected chi connectivity index (χ4v) is 2.17. The number of aryl methyl sites for hydroxylation is 1. The van der Waals surface area contributed by atoms with Crippen molar-refractivity contribution in [3.05, 3.63) is 53.6 Å². The summed E-state index contributed by atoms with van der Waals surface area (Å²) >= 11 is 0. The maximum atomic E-state index is 12.5. The van der Waals surface area contributed by atoms with Gasteiger partial charge in [-0.2, -0.15) is 8.78 Å². The Kier molecular flexibility index (Phi) is 8.72. The van der Waals surface area contributed by atoms with Gasteiger partial charge < -0.3 is 20.5 Å². The van der Waals surface area contributed by atoms with E-state index in [2.05, 4.69) is 19.8 Å². The van der Waals surface area contributed by atoms with E-state index in [-0.39, 0.29) is 47.9 Å². The van der Waals surface area contributed by atoms with Crippen LogP contribution in [0.1, 0.15) is 11.1 Å². The molecule has 28 heavy (non-hydrogen) atoms. The number of ether oxygens (including phenoxy) is 2. The Hall–Kier alpha value is -2.31. The molecule has 0 radical (unpaired) electrons. The number of hydrogen-bond donors (Lipinski definition) is 2. The minimum atomic E-state index is -4.87. The molecular weight excluding hydrogens is 500 g/mol. The highest BCUT2D eigenvalue weighted by molar-refractivity contribution is 14.0. The molecule has 0 amide bonds. The van der Waals surface area contributed by atoms with Gasteiger partial charge in [-0.15, -0.1) is 37.1 Å². The zero-order valence-corrected chi connectivity index (χ0v) is 16.8. The molecule has 0 aliphatic carbocycles. The van der Waals surface area contributed by atoms with E-state index < -0.39 is 18.7 Å². The largest absolute Gasteiger partial charge is 0.573 e. The molecule has 0 atom stereocenters. The number of anilines is 1. The van der Waals surface area contributed by atoms with Crippen LogP contribution in [0, 0.1) is 6.92 Å². The van der Waals surface area contributed by atoms with Crippen LogP contribution in [0.2, 0.25) is 0 Å². The number of alkyl halides is 5. The molecule has 0 bridgehead atoms.